The number of ether oxygens (including phenoxy) is 1. The predicted molar refractivity (Wildman–Crippen MR) is 92.5 cm³/mol. The van der Waals surface area contributed by atoms with Gasteiger partial charge in [-0.3, -0.25) is 4.79 Å². The van der Waals surface area contributed by atoms with Crippen LogP contribution >= 0.6 is 0 Å². The Kier molecular flexibility index (Phi) is 5.04. The minimum Gasteiger partial charge on any atom is -0.481 e. The van der Waals surface area contributed by atoms with Crippen molar-refractivity contribution < 1.29 is 14.8 Å². The van der Waals surface area contributed by atoms with E-state index in [0.29, 0.717) is 0 Å². The summed E-state index contributed by atoms with van der Waals surface area (Å²) in [5.41, 5.74) is 1.46. The van der Waals surface area contributed by atoms with E-state index < -0.39 is 6.10 Å². The second-order valence-corrected chi connectivity index (χ2v) is 8.31. The van der Waals surface area contributed by atoms with Crippen molar-refractivity contribution in [1.29, 1.82) is 0 Å². The molecule has 4 nitrogen and oxygen atoms in total. The maximum atomic E-state index is 12.5. The minimum atomic E-state index is -0.491. The van der Waals surface area contributed by atoms with Gasteiger partial charge in [-0.05, 0) is 53.7 Å². The van der Waals surface area contributed by atoms with Crippen LogP contribution in [0.25, 0.3) is 0 Å². The van der Waals surface area contributed by atoms with E-state index in [4.69, 9.17) is 4.74 Å². The number of nitrogens with two attached hydrogens (primary N) is 1. The number of aryl methyl sites for hydroxylation is 1. The van der Waals surface area contributed by atoms with E-state index >= 15 is 0 Å². The summed E-state index contributed by atoms with van der Waals surface area (Å²) in [6, 6.07) is 7.98. The monoisotopic (exact) mass is 319 g/mol. The topological polar surface area (TPSA) is 54.9 Å². The Morgan fingerprint density at radius 2 is 1.70 bits per heavy atom. The van der Waals surface area contributed by atoms with Gasteiger partial charge in [0.2, 0.25) is 0 Å². The highest BCUT2D eigenvalue weighted by molar-refractivity contribution is 5.81. The summed E-state index contributed by atoms with van der Waals surface area (Å²) in [6.45, 7) is 12.8. The van der Waals surface area contributed by atoms with Crippen molar-refractivity contribution in [2.75, 3.05) is 0 Å². The van der Waals surface area contributed by atoms with Gasteiger partial charge in [-0.25, -0.2) is 0 Å². The summed E-state index contributed by atoms with van der Waals surface area (Å²) in [5.74, 6) is 0.694. The molecule has 0 bridgehead atoms. The normalized spacial score (nSPS) is 21.5. The molecule has 0 aromatic heterocycles. The number of amides is 1. The first kappa shape index (κ1) is 17.8. The number of benzene rings is 1. The second kappa shape index (κ2) is 6.52. The Balaban J connectivity index is 1.94. The second-order valence-electron chi connectivity index (χ2n) is 8.31. The van der Waals surface area contributed by atoms with Crippen LogP contribution in [0.4, 0.5) is 0 Å². The molecule has 1 heterocycles. The molecule has 2 rings (SSSR count). The summed E-state index contributed by atoms with van der Waals surface area (Å²) >= 11 is 0. The molecular weight excluding hydrogens is 288 g/mol. The number of carbonyl (C=O) groups excluding carboxylic acids is 1. The molecule has 3 N–H and O–H groups in total. The molecular formula is C19H31N2O2+. The molecule has 1 aliphatic rings. The van der Waals surface area contributed by atoms with Crippen molar-refractivity contribution in [2.45, 2.75) is 77.6 Å². The Hall–Kier alpha value is -1.55. The largest absolute Gasteiger partial charge is 0.481 e. The van der Waals surface area contributed by atoms with E-state index in [1.54, 1.807) is 6.92 Å². The fourth-order valence-corrected chi connectivity index (χ4v) is 3.81. The third-order valence-electron chi connectivity index (χ3n) is 4.38. The van der Waals surface area contributed by atoms with Gasteiger partial charge in [-0.15, -0.1) is 0 Å². The number of hydrogen-bond acceptors (Lipinski definition) is 2. The lowest BCUT2D eigenvalue weighted by atomic mass is 9.79. The summed E-state index contributed by atoms with van der Waals surface area (Å²) < 4.78 is 5.76. The van der Waals surface area contributed by atoms with Crippen LogP contribution in [-0.4, -0.2) is 29.1 Å². The molecule has 1 aliphatic heterocycles. The highest BCUT2D eigenvalue weighted by Crippen LogP contribution is 2.22. The molecule has 1 fully saturated rings. The quantitative estimate of drug-likeness (QED) is 0.893. The number of rotatable bonds is 4. The molecule has 23 heavy (non-hydrogen) atoms. The van der Waals surface area contributed by atoms with Gasteiger partial charge in [-0.2, -0.15) is 0 Å². The molecule has 1 amide bonds. The van der Waals surface area contributed by atoms with Gasteiger partial charge in [0.1, 0.15) is 5.75 Å². The van der Waals surface area contributed by atoms with E-state index in [1.165, 1.54) is 5.56 Å². The zero-order valence-corrected chi connectivity index (χ0v) is 15.3. The van der Waals surface area contributed by atoms with Gasteiger partial charge in [0.05, 0.1) is 11.1 Å². The van der Waals surface area contributed by atoms with Gasteiger partial charge in [0, 0.05) is 18.9 Å². The molecule has 1 atom stereocenters. The lowest BCUT2D eigenvalue weighted by molar-refractivity contribution is -0.787. The van der Waals surface area contributed by atoms with Crippen molar-refractivity contribution in [3.05, 3.63) is 29.8 Å². The van der Waals surface area contributed by atoms with E-state index in [2.05, 4.69) is 38.3 Å². The zero-order chi connectivity index (χ0) is 17.3. The lowest BCUT2D eigenvalue weighted by Gasteiger charge is -2.43. The Labute approximate surface area is 140 Å². The predicted octanol–water partition coefficient (Wildman–Crippen LogP) is 2.16. The fourth-order valence-electron chi connectivity index (χ4n) is 3.81. The molecule has 0 radical (unpaired) electrons. The van der Waals surface area contributed by atoms with E-state index in [-0.39, 0.29) is 23.0 Å². The number of nitrogens with one attached hydrogen (secondary N) is 1. The van der Waals surface area contributed by atoms with Crippen molar-refractivity contribution in [1.82, 2.24) is 5.32 Å². The Bertz CT molecular complexity index is 533. The van der Waals surface area contributed by atoms with Crippen LogP contribution in [-0.2, 0) is 4.79 Å². The van der Waals surface area contributed by atoms with Crippen LogP contribution in [0.1, 0.15) is 53.0 Å². The van der Waals surface area contributed by atoms with Crippen LogP contribution in [0.15, 0.2) is 24.3 Å². The van der Waals surface area contributed by atoms with Crippen LogP contribution in [0.3, 0.4) is 0 Å². The van der Waals surface area contributed by atoms with E-state index in [0.717, 1.165) is 18.6 Å². The number of hydrogen-bond donors (Lipinski definition) is 2. The van der Waals surface area contributed by atoms with Gasteiger partial charge in [0.25, 0.3) is 5.91 Å². The molecule has 1 aromatic carbocycles. The molecule has 0 aliphatic carbocycles. The Morgan fingerprint density at radius 1 is 1.17 bits per heavy atom. The fraction of sp³-hybridized carbons (Fsp3) is 0.632. The van der Waals surface area contributed by atoms with Crippen molar-refractivity contribution in [3.8, 4) is 5.75 Å². The van der Waals surface area contributed by atoms with Gasteiger partial charge < -0.3 is 15.4 Å². The zero-order valence-electron chi connectivity index (χ0n) is 15.3. The first-order valence-corrected chi connectivity index (χ1v) is 8.47. The SMILES string of the molecule is Cc1ccc(O[C@@H](C)C(=O)NC2CC(C)(C)[NH2+]C(C)(C)C2)cc1. The highest BCUT2D eigenvalue weighted by atomic mass is 16.5. The highest BCUT2D eigenvalue weighted by Gasteiger charge is 2.42. The average Bonchev–Trinajstić information content (AvgIpc) is 2.37. The maximum absolute atomic E-state index is 12.5. The summed E-state index contributed by atoms with van der Waals surface area (Å²) in [6.07, 6.45) is 1.45. The third-order valence-corrected chi connectivity index (χ3v) is 4.38. The summed E-state index contributed by atoms with van der Waals surface area (Å²) in [7, 11) is 0. The standard InChI is InChI=1S/C19H30N2O2/c1-13-7-9-16(10-8-13)23-14(2)17(22)20-15-11-18(3,4)21-19(5,6)12-15/h7-10,14-15,21H,11-12H2,1-6H3,(H,20,22)/p+1/t14-/m0/s1. The van der Waals surface area contributed by atoms with Crippen molar-refractivity contribution in [2.24, 2.45) is 0 Å². The minimum absolute atomic E-state index is 0.0379. The van der Waals surface area contributed by atoms with Crippen molar-refractivity contribution >= 4 is 5.91 Å². The third kappa shape index (κ3) is 5.24. The molecule has 0 unspecified atom stereocenters. The van der Waals surface area contributed by atoms with E-state index in [1.807, 2.05) is 31.2 Å². The number of quaternary nitrogens is 1. The van der Waals surface area contributed by atoms with Gasteiger partial charge in [0.15, 0.2) is 6.10 Å². The number of piperidine rings is 1. The lowest BCUT2D eigenvalue weighted by Crippen LogP contribution is -3.06. The summed E-state index contributed by atoms with van der Waals surface area (Å²) in [4.78, 5) is 12.5. The molecule has 1 saturated heterocycles. The van der Waals surface area contributed by atoms with Crippen molar-refractivity contribution in [3.63, 3.8) is 0 Å². The van der Waals surface area contributed by atoms with E-state index in [9.17, 15) is 4.79 Å². The summed E-state index contributed by atoms with van der Waals surface area (Å²) in [5, 5.41) is 5.59. The van der Waals surface area contributed by atoms with Crippen LogP contribution < -0.4 is 15.4 Å². The smallest absolute Gasteiger partial charge is 0.261 e. The molecule has 1 aromatic rings. The first-order valence-electron chi connectivity index (χ1n) is 8.47. The maximum Gasteiger partial charge on any atom is 0.261 e. The van der Waals surface area contributed by atoms with Crippen LogP contribution in [0, 0.1) is 6.92 Å². The van der Waals surface area contributed by atoms with Gasteiger partial charge >= 0.3 is 0 Å². The van der Waals surface area contributed by atoms with Gasteiger partial charge in [-0.1, -0.05) is 17.7 Å². The molecule has 128 valence electrons. The number of carbonyl (C=O) groups is 1. The van der Waals surface area contributed by atoms with Crippen LogP contribution in [0.2, 0.25) is 0 Å². The molecule has 4 heteroatoms. The average molecular weight is 319 g/mol. The Morgan fingerprint density at radius 3 is 2.22 bits per heavy atom. The van der Waals surface area contributed by atoms with Crippen LogP contribution in [0.5, 0.6) is 5.75 Å². The molecule has 0 saturated carbocycles. The molecule has 0 spiro atoms. The first-order chi connectivity index (χ1) is 10.6.